The van der Waals surface area contributed by atoms with E-state index in [2.05, 4.69) is 29.2 Å². The number of hydrogen-bond acceptors (Lipinski definition) is 3. The lowest BCUT2D eigenvalue weighted by Crippen LogP contribution is -2.31. The van der Waals surface area contributed by atoms with E-state index in [0.717, 1.165) is 51.0 Å². The van der Waals surface area contributed by atoms with E-state index < -0.39 is 0 Å². The van der Waals surface area contributed by atoms with Crippen LogP contribution in [0.3, 0.4) is 0 Å². The van der Waals surface area contributed by atoms with Gasteiger partial charge in [0.05, 0.1) is 6.61 Å². The highest BCUT2D eigenvalue weighted by molar-refractivity contribution is 5.79. The molecule has 3 rings (SSSR count). The number of benzene rings is 1. The molecular formula is C20H29NO2. The van der Waals surface area contributed by atoms with E-state index in [9.17, 15) is 4.79 Å². The standard InChI is InChI=1S/C20H29NO2/c22-19-9-5-17(6-10-19)18-7-11-20(12-8-18)23-16-4-15-21-13-2-1-3-14-21/h7-8,11-12,17H,1-6,9-10,13-16H2. The predicted molar refractivity (Wildman–Crippen MR) is 93.1 cm³/mol. The van der Waals surface area contributed by atoms with Crippen LogP contribution >= 0.6 is 0 Å². The molecule has 0 atom stereocenters. The second-order valence-electron chi connectivity index (χ2n) is 6.99. The topological polar surface area (TPSA) is 29.5 Å². The zero-order chi connectivity index (χ0) is 15.9. The molecule has 0 bridgehead atoms. The number of ketones is 1. The van der Waals surface area contributed by atoms with Crippen molar-refractivity contribution in [1.29, 1.82) is 0 Å². The van der Waals surface area contributed by atoms with Crippen molar-refractivity contribution in [3.63, 3.8) is 0 Å². The summed E-state index contributed by atoms with van der Waals surface area (Å²) in [5.74, 6) is 1.95. The zero-order valence-electron chi connectivity index (χ0n) is 14.1. The molecule has 0 unspecified atom stereocenters. The molecule has 23 heavy (non-hydrogen) atoms. The van der Waals surface area contributed by atoms with E-state index in [0.29, 0.717) is 11.7 Å². The van der Waals surface area contributed by atoms with Crippen molar-refractivity contribution in [1.82, 2.24) is 4.90 Å². The van der Waals surface area contributed by atoms with Gasteiger partial charge in [-0.15, -0.1) is 0 Å². The first-order chi connectivity index (χ1) is 11.3. The third kappa shape index (κ3) is 5.07. The molecule has 1 aromatic carbocycles. The summed E-state index contributed by atoms with van der Waals surface area (Å²) in [5, 5.41) is 0. The van der Waals surface area contributed by atoms with Crippen LogP contribution in [0.25, 0.3) is 0 Å². The minimum Gasteiger partial charge on any atom is -0.494 e. The predicted octanol–water partition coefficient (Wildman–Crippen LogP) is 4.17. The van der Waals surface area contributed by atoms with Gasteiger partial charge >= 0.3 is 0 Å². The van der Waals surface area contributed by atoms with Crippen molar-refractivity contribution in [2.45, 2.75) is 57.3 Å². The minimum absolute atomic E-state index is 0.426. The molecule has 1 saturated carbocycles. The monoisotopic (exact) mass is 315 g/mol. The summed E-state index contributed by atoms with van der Waals surface area (Å²) in [6, 6.07) is 8.54. The van der Waals surface area contributed by atoms with Gasteiger partial charge in [0.2, 0.25) is 0 Å². The van der Waals surface area contributed by atoms with Crippen molar-refractivity contribution < 1.29 is 9.53 Å². The molecule has 0 radical (unpaired) electrons. The van der Waals surface area contributed by atoms with Gasteiger partial charge in [-0.1, -0.05) is 18.6 Å². The van der Waals surface area contributed by atoms with Crippen molar-refractivity contribution in [3.05, 3.63) is 29.8 Å². The lowest BCUT2D eigenvalue weighted by Gasteiger charge is -2.26. The highest BCUT2D eigenvalue weighted by Crippen LogP contribution is 2.31. The Labute approximate surface area is 140 Å². The van der Waals surface area contributed by atoms with Gasteiger partial charge in [0.1, 0.15) is 11.5 Å². The van der Waals surface area contributed by atoms with E-state index in [1.165, 1.54) is 37.9 Å². The van der Waals surface area contributed by atoms with Crippen LogP contribution in [-0.2, 0) is 4.79 Å². The van der Waals surface area contributed by atoms with Crippen molar-refractivity contribution >= 4 is 5.78 Å². The van der Waals surface area contributed by atoms with Gasteiger partial charge in [0, 0.05) is 19.4 Å². The molecule has 0 aromatic heterocycles. The number of nitrogens with zero attached hydrogens (tertiary/aromatic N) is 1. The number of hydrogen-bond donors (Lipinski definition) is 0. The quantitative estimate of drug-likeness (QED) is 0.738. The highest BCUT2D eigenvalue weighted by Gasteiger charge is 2.20. The van der Waals surface area contributed by atoms with Crippen LogP contribution < -0.4 is 4.74 Å². The van der Waals surface area contributed by atoms with E-state index >= 15 is 0 Å². The van der Waals surface area contributed by atoms with Crippen molar-refractivity contribution in [2.75, 3.05) is 26.2 Å². The second kappa shape index (κ2) is 8.49. The number of piperidine rings is 1. The molecule has 1 aliphatic carbocycles. The molecule has 2 fully saturated rings. The third-order valence-corrected chi connectivity index (χ3v) is 5.23. The summed E-state index contributed by atoms with van der Waals surface area (Å²) >= 11 is 0. The Morgan fingerprint density at radius 3 is 2.39 bits per heavy atom. The summed E-state index contributed by atoms with van der Waals surface area (Å²) in [6.45, 7) is 4.49. The molecule has 126 valence electrons. The normalized spacial score (nSPS) is 20.6. The fraction of sp³-hybridized carbons (Fsp3) is 0.650. The lowest BCUT2D eigenvalue weighted by molar-refractivity contribution is -0.120. The van der Waals surface area contributed by atoms with E-state index in [1.54, 1.807) is 0 Å². The Hall–Kier alpha value is -1.35. The molecule has 0 amide bonds. The minimum atomic E-state index is 0.426. The third-order valence-electron chi connectivity index (χ3n) is 5.23. The van der Waals surface area contributed by atoms with Crippen LogP contribution in [-0.4, -0.2) is 36.9 Å². The Balaban J connectivity index is 1.38. The van der Waals surface area contributed by atoms with Crippen LogP contribution in [0, 0.1) is 0 Å². The average molecular weight is 315 g/mol. The molecule has 0 N–H and O–H groups in total. The summed E-state index contributed by atoms with van der Waals surface area (Å²) in [6.07, 6.45) is 8.73. The van der Waals surface area contributed by atoms with Gasteiger partial charge in [-0.25, -0.2) is 0 Å². The largest absolute Gasteiger partial charge is 0.494 e. The zero-order valence-corrected chi connectivity index (χ0v) is 14.1. The summed E-state index contributed by atoms with van der Waals surface area (Å²) in [4.78, 5) is 13.9. The molecule has 0 spiro atoms. The first kappa shape index (κ1) is 16.5. The van der Waals surface area contributed by atoms with Crippen LogP contribution in [0.15, 0.2) is 24.3 Å². The molecular weight excluding hydrogens is 286 g/mol. The number of likely N-dealkylation sites (tertiary alicyclic amines) is 1. The highest BCUT2D eigenvalue weighted by atomic mass is 16.5. The van der Waals surface area contributed by atoms with Gasteiger partial charge in [-0.2, -0.15) is 0 Å². The Bertz CT molecular complexity index is 481. The van der Waals surface area contributed by atoms with Gasteiger partial charge in [-0.3, -0.25) is 4.79 Å². The van der Waals surface area contributed by atoms with E-state index in [-0.39, 0.29) is 0 Å². The van der Waals surface area contributed by atoms with Crippen LogP contribution in [0.4, 0.5) is 0 Å². The smallest absolute Gasteiger partial charge is 0.132 e. The number of ether oxygens (including phenoxy) is 1. The number of rotatable bonds is 6. The average Bonchev–Trinajstić information content (AvgIpc) is 2.61. The number of Topliss-reactive ketones (excluding diaryl/α,β-unsaturated/α-hetero) is 1. The summed E-state index contributed by atoms with van der Waals surface area (Å²) in [5.41, 5.74) is 1.36. The number of carbonyl (C=O) groups is 1. The summed E-state index contributed by atoms with van der Waals surface area (Å²) < 4.78 is 5.88. The maximum absolute atomic E-state index is 11.3. The van der Waals surface area contributed by atoms with E-state index in [4.69, 9.17) is 4.74 Å². The SMILES string of the molecule is O=C1CCC(c2ccc(OCCCN3CCCCC3)cc2)CC1. The maximum Gasteiger partial charge on any atom is 0.132 e. The maximum atomic E-state index is 11.3. The fourth-order valence-electron chi connectivity index (χ4n) is 3.77. The van der Waals surface area contributed by atoms with Crippen molar-refractivity contribution in [3.8, 4) is 5.75 Å². The van der Waals surface area contributed by atoms with Crippen LogP contribution in [0.1, 0.15) is 62.8 Å². The first-order valence-corrected chi connectivity index (χ1v) is 9.28. The fourth-order valence-corrected chi connectivity index (χ4v) is 3.77. The van der Waals surface area contributed by atoms with Gasteiger partial charge in [0.15, 0.2) is 0 Å². The Morgan fingerprint density at radius 2 is 1.70 bits per heavy atom. The Morgan fingerprint density at radius 1 is 1.00 bits per heavy atom. The molecule has 3 heteroatoms. The van der Waals surface area contributed by atoms with Gasteiger partial charge in [-0.05, 0) is 68.8 Å². The van der Waals surface area contributed by atoms with Crippen LogP contribution in [0.5, 0.6) is 5.75 Å². The lowest BCUT2D eigenvalue weighted by atomic mass is 9.83. The van der Waals surface area contributed by atoms with Crippen LogP contribution in [0.2, 0.25) is 0 Å². The van der Waals surface area contributed by atoms with Crippen molar-refractivity contribution in [2.24, 2.45) is 0 Å². The number of carbonyl (C=O) groups excluding carboxylic acids is 1. The first-order valence-electron chi connectivity index (χ1n) is 9.28. The van der Waals surface area contributed by atoms with Gasteiger partial charge < -0.3 is 9.64 Å². The van der Waals surface area contributed by atoms with E-state index in [1.807, 2.05) is 0 Å². The molecule has 1 saturated heterocycles. The molecule has 2 aliphatic rings. The molecule has 1 aromatic rings. The second-order valence-corrected chi connectivity index (χ2v) is 6.99. The molecule has 1 heterocycles. The Kier molecular flexibility index (Phi) is 6.09. The van der Waals surface area contributed by atoms with Gasteiger partial charge in [0.25, 0.3) is 0 Å². The molecule has 1 aliphatic heterocycles. The summed E-state index contributed by atoms with van der Waals surface area (Å²) in [7, 11) is 0. The molecule has 3 nitrogen and oxygen atoms in total.